The number of hydrogen-bond acceptors (Lipinski definition) is 8. The van der Waals surface area contributed by atoms with E-state index in [4.69, 9.17) is 0 Å². The van der Waals surface area contributed by atoms with Gasteiger partial charge in [0.1, 0.15) is 0 Å². The van der Waals surface area contributed by atoms with Crippen molar-refractivity contribution in [2.45, 2.75) is 0 Å². The van der Waals surface area contributed by atoms with Gasteiger partial charge in [0.05, 0.1) is 0 Å². The fourth-order valence-electron chi connectivity index (χ4n) is 0.232. The van der Waals surface area contributed by atoms with E-state index >= 15 is 0 Å². The van der Waals surface area contributed by atoms with Crippen molar-refractivity contribution in [3.05, 3.63) is 0 Å². The van der Waals surface area contributed by atoms with Crippen LogP contribution in [0.3, 0.4) is 0 Å². The average Bonchev–Trinajstić information content (AvgIpc) is 1.86. The first kappa shape index (κ1) is 11.4. The van der Waals surface area contributed by atoms with E-state index in [0.29, 0.717) is 0 Å². The van der Waals surface area contributed by atoms with E-state index in [9.17, 15) is 16.8 Å². The Hall–Kier alpha value is 0.363. The van der Waals surface area contributed by atoms with Gasteiger partial charge < -0.3 is 0 Å². The minimum absolute atomic E-state index is 3.13. The Bertz CT molecular complexity index is 267. The predicted octanol–water partition coefficient (Wildman–Crippen LogP) is -2.66. The molecule has 4 N–H and O–H groups in total. The molecule has 0 fully saturated rings. The molecular formula is H4N2O6S2Zn. The van der Waals surface area contributed by atoms with Crippen molar-refractivity contribution in [1.29, 1.82) is 0 Å². The molecule has 11 heavy (non-hydrogen) atoms. The van der Waals surface area contributed by atoms with Gasteiger partial charge in [-0.25, -0.2) is 0 Å². The van der Waals surface area contributed by atoms with E-state index in [1.54, 1.807) is 0 Å². The first-order valence-corrected chi connectivity index (χ1v) is 12.5. The summed E-state index contributed by atoms with van der Waals surface area (Å²) < 4.78 is 48.4. The molecule has 0 bridgehead atoms. The van der Waals surface area contributed by atoms with Crippen molar-refractivity contribution >= 4 is 16.2 Å². The standard InChI is InChI=1S/2H2NO3S.Zn/c2*1-4-5(2)3;/h2*1H2;. The van der Waals surface area contributed by atoms with Gasteiger partial charge in [-0.15, -0.1) is 0 Å². The molecule has 0 spiro atoms. The van der Waals surface area contributed by atoms with Crippen molar-refractivity contribution in [3.8, 4) is 0 Å². The number of hydrogen-bond donors (Lipinski definition) is 2. The van der Waals surface area contributed by atoms with Crippen LogP contribution in [0.4, 0.5) is 0 Å². The Labute approximate surface area is 68.3 Å². The summed E-state index contributed by atoms with van der Waals surface area (Å²) in [5.41, 5.74) is 0. The summed E-state index contributed by atoms with van der Waals surface area (Å²) in [4.78, 5) is 0. The zero-order valence-corrected chi connectivity index (χ0v) is 9.73. The summed E-state index contributed by atoms with van der Waals surface area (Å²) in [7, 11) is -8.23. The van der Waals surface area contributed by atoms with Crippen molar-refractivity contribution in [1.82, 2.24) is 0 Å². The molecule has 0 aliphatic carbocycles. The number of rotatable bonds is 4. The van der Waals surface area contributed by atoms with Gasteiger partial charge in [0.15, 0.2) is 0 Å². The molecule has 8 nitrogen and oxygen atoms in total. The second kappa shape index (κ2) is 3.85. The summed E-state index contributed by atoms with van der Waals surface area (Å²) in [6.07, 6.45) is 0. The zero-order chi connectivity index (χ0) is 9.12. The molecule has 0 saturated heterocycles. The quantitative estimate of drug-likeness (QED) is 0.411. The molecule has 11 heteroatoms. The van der Waals surface area contributed by atoms with E-state index in [2.05, 4.69) is 20.4 Å². The maximum atomic E-state index is 10.4. The van der Waals surface area contributed by atoms with Crippen LogP contribution in [0.15, 0.2) is 0 Å². The van der Waals surface area contributed by atoms with Crippen molar-refractivity contribution < 1.29 is 40.1 Å². The molecule has 0 atom stereocenters. The fourth-order valence-corrected chi connectivity index (χ4v) is 10.9. The maximum absolute atomic E-state index is 10.4. The summed E-state index contributed by atoms with van der Waals surface area (Å²) >= 11 is -3.13. The van der Waals surface area contributed by atoms with Gasteiger partial charge in [-0.05, 0) is 0 Å². The van der Waals surface area contributed by atoms with E-state index in [1.807, 2.05) is 0 Å². The molecule has 0 radical (unpaired) electrons. The van der Waals surface area contributed by atoms with Gasteiger partial charge in [0.25, 0.3) is 0 Å². The Kier molecular flexibility index (Phi) is 3.98. The summed E-state index contributed by atoms with van der Waals surface area (Å²) in [5, 5.41) is 0. The van der Waals surface area contributed by atoms with E-state index in [-0.39, 0.29) is 0 Å². The van der Waals surface area contributed by atoms with Crippen LogP contribution in [0.1, 0.15) is 0 Å². The third-order valence-corrected chi connectivity index (χ3v) is 16.1. The van der Waals surface area contributed by atoms with Crippen LogP contribution in [-0.2, 0) is 39.5 Å². The SMILES string of the molecule is NO[S](=O)(=O)[Zn][S](=O)(=O)ON. The Morgan fingerprint density at radius 2 is 1.18 bits per heavy atom. The Morgan fingerprint density at radius 3 is 1.36 bits per heavy atom. The molecule has 0 saturated carbocycles. The van der Waals surface area contributed by atoms with Gasteiger partial charge >= 0.3 is 68.1 Å². The van der Waals surface area contributed by atoms with E-state index < -0.39 is 30.9 Å². The first-order chi connectivity index (χ1) is 4.83. The molecule has 0 aromatic rings. The van der Waals surface area contributed by atoms with Gasteiger partial charge in [0, 0.05) is 0 Å². The van der Waals surface area contributed by atoms with Gasteiger partial charge in [0.2, 0.25) is 0 Å². The van der Waals surface area contributed by atoms with Crippen molar-refractivity contribution in [2.75, 3.05) is 0 Å². The molecule has 0 rings (SSSR count). The molecule has 0 unspecified atom stereocenters. The Balaban J connectivity index is 4.54. The molecule has 0 aromatic heterocycles. The fraction of sp³-hybridized carbons (Fsp3) is 0. The van der Waals surface area contributed by atoms with Crippen LogP contribution in [0, 0.1) is 0 Å². The molecule has 0 amide bonds. The predicted molar refractivity (Wildman–Crippen MR) is 28.4 cm³/mol. The first-order valence-electron chi connectivity index (χ1n) is 2.05. The molecule has 0 heterocycles. The summed E-state index contributed by atoms with van der Waals surface area (Å²) in [5.74, 6) is 8.53. The topological polar surface area (TPSA) is 139 Å². The second-order valence-electron chi connectivity index (χ2n) is 1.43. The summed E-state index contributed by atoms with van der Waals surface area (Å²) in [6, 6.07) is 0. The van der Waals surface area contributed by atoms with Crippen LogP contribution >= 0.6 is 0 Å². The van der Waals surface area contributed by atoms with Crippen molar-refractivity contribution in [3.63, 3.8) is 0 Å². The second-order valence-corrected chi connectivity index (χ2v) is 18.3. The Morgan fingerprint density at radius 1 is 0.909 bits per heavy atom. The van der Waals surface area contributed by atoms with E-state index in [1.165, 1.54) is 0 Å². The molecular weight excluding hydrogens is 254 g/mol. The average molecular weight is 258 g/mol. The third kappa shape index (κ3) is 4.74. The van der Waals surface area contributed by atoms with Crippen LogP contribution in [0.2, 0.25) is 0 Å². The molecule has 0 aliphatic heterocycles. The van der Waals surface area contributed by atoms with Crippen LogP contribution in [-0.4, -0.2) is 16.8 Å². The van der Waals surface area contributed by atoms with Crippen LogP contribution in [0.25, 0.3) is 0 Å². The molecule has 0 aromatic carbocycles. The van der Waals surface area contributed by atoms with Gasteiger partial charge in [-0.1, -0.05) is 0 Å². The van der Waals surface area contributed by atoms with Crippen LogP contribution in [0.5, 0.6) is 0 Å². The van der Waals surface area contributed by atoms with Crippen LogP contribution < -0.4 is 11.8 Å². The minimum atomic E-state index is -4.12. The normalized spacial score (nSPS) is 12.5. The van der Waals surface area contributed by atoms with E-state index in [0.717, 1.165) is 0 Å². The van der Waals surface area contributed by atoms with Gasteiger partial charge in [-0.3, -0.25) is 0 Å². The third-order valence-electron chi connectivity index (χ3n) is 0.582. The zero-order valence-electron chi connectivity index (χ0n) is 5.13. The molecule has 0 aliphatic rings. The number of nitrogens with two attached hydrogens (primary N) is 2. The summed E-state index contributed by atoms with van der Waals surface area (Å²) in [6.45, 7) is 0. The monoisotopic (exact) mass is 256 g/mol. The van der Waals surface area contributed by atoms with Gasteiger partial charge in [-0.2, -0.15) is 0 Å². The molecule has 64 valence electrons. The van der Waals surface area contributed by atoms with Crippen molar-refractivity contribution in [2.24, 2.45) is 11.8 Å².